The lowest BCUT2D eigenvalue weighted by Crippen LogP contribution is -2.59. The first-order valence-electron chi connectivity index (χ1n) is 9.07. The molecule has 2 aromatic heterocycles. The third kappa shape index (κ3) is 3.59. The van der Waals surface area contributed by atoms with E-state index in [2.05, 4.69) is 15.1 Å². The minimum Gasteiger partial charge on any atom is -0.465 e. The molecule has 0 unspecified atom stereocenters. The molecule has 0 radical (unpaired) electrons. The van der Waals surface area contributed by atoms with Crippen molar-refractivity contribution in [3.63, 3.8) is 0 Å². The number of hydrogen-bond acceptors (Lipinski definition) is 6. The number of anilines is 1. The van der Waals surface area contributed by atoms with Gasteiger partial charge in [0.05, 0.1) is 30.1 Å². The third-order valence-electron chi connectivity index (χ3n) is 5.40. The fraction of sp³-hybridized carbons (Fsp3) is 0.529. The van der Waals surface area contributed by atoms with Crippen LogP contribution >= 0.6 is 0 Å². The van der Waals surface area contributed by atoms with E-state index in [4.69, 9.17) is 5.11 Å². The highest BCUT2D eigenvalue weighted by molar-refractivity contribution is 5.65. The molecule has 2 N–H and O–H groups in total. The highest BCUT2D eigenvalue weighted by Gasteiger charge is 2.39. The summed E-state index contributed by atoms with van der Waals surface area (Å²) in [5.41, 5.74) is -0.631. The molecule has 156 valence electrons. The van der Waals surface area contributed by atoms with Gasteiger partial charge in [-0.25, -0.2) is 14.8 Å². The predicted molar refractivity (Wildman–Crippen MR) is 94.3 cm³/mol. The molecular formula is C17H19F3N6O3. The quantitative estimate of drug-likeness (QED) is 0.792. The number of aliphatic hydroxyl groups excluding tert-OH is 1. The second kappa shape index (κ2) is 6.87. The van der Waals surface area contributed by atoms with E-state index in [-0.39, 0.29) is 36.8 Å². The van der Waals surface area contributed by atoms with Crippen molar-refractivity contribution in [1.82, 2.24) is 24.6 Å². The van der Waals surface area contributed by atoms with Gasteiger partial charge in [-0.3, -0.25) is 4.68 Å². The van der Waals surface area contributed by atoms with Crippen molar-refractivity contribution in [1.29, 1.82) is 0 Å². The molecule has 9 nitrogen and oxygen atoms in total. The predicted octanol–water partition coefficient (Wildman–Crippen LogP) is 1.85. The van der Waals surface area contributed by atoms with Crippen LogP contribution in [0.15, 0.2) is 18.5 Å². The lowest BCUT2D eigenvalue weighted by Gasteiger charge is -2.43. The summed E-state index contributed by atoms with van der Waals surface area (Å²) in [6.07, 6.45) is -2.76. The summed E-state index contributed by atoms with van der Waals surface area (Å²) in [5, 5.41) is 22.9. The van der Waals surface area contributed by atoms with E-state index in [0.29, 0.717) is 18.5 Å². The molecule has 0 spiro atoms. The normalized spacial score (nSPS) is 24.7. The first kappa shape index (κ1) is 19.4. The molecule has 2 aliphatic rings. The summed E-state index contributed by atoms with van der Waals surface area (Å²) in [5.74, 6) is -0.0988. The Morgan fingerprint density at radius 1 is 1.28 bits per heavy atom. The molecular weight excluding hydrogens is 393 g/mol. The molecule has 3 atom stereocenters. The largest absolute Gasteiger partial charge is 0.465 e. The van der Waals surface area contributed by atoms with Gasteiger partial charge in [-0.1, -0.05) is 0 Å². The van der Waals surface area contributed by atoms with Crippen LogP contribution in [0.5, 0.6) is 0 Å². The van der Waals surface area contributed by atoms with Gasteiger partial charge in [-0.05, 0) is 19.4 Å². The van der Waals surface area contributed by atoms with Gasteiger partial charge in [-0.15, -0.1) is 0 Å². The van der Waals surface area contributed by atoms with Crippen molar-refractivity contribution in [3.05, 3.63) is 24.2 Å². The Kier molecular flexibility index (Phi) is 4.60. The van der Waals surface area contributed by atoms with Crippen molar-refractivity contribution >= 4 is 12.0 Å². The van der Waals surface area contributed by atoms with Gasteiger partial charge in [0.1, 0.15) is 0 Å². The van der Waals surface area contributed by atoms with Crippen LogP contribution in [0.3, 0.4) is 0 Å². The number of rotatable bonds is 3. The van der Waals surface area contributed by atoms with Crippen molar-refractivity contribution in [2.45, 2.75) is 37.7 Å². The smallest absolute Gasteiger partial charge is 0.433 e. The average Bonchev–Trinajstić information content (AvgIpc) is 3.33. The Morgan fingerprint density at radius 3 is 2.62 bits per heavy atom. The summed E-state index contributed by atoms with van der Waals surface area (Å²) in [7, 11) is 0. The van der Waals surface area contributed by atoms with Crippen molar-refractivity contribution < 1.29 is 28.2 Å². The van der Waals surface area contributed by atoms with Gasteiger partial charge in [0.15, 0.2) is 5.69 Å². The first-order valence-corrected chi connectivity index (χ1v) is 9.07. The lowest BCUT2D eigenvalue weighted by molar-refractivity contribution is -0.141. The molecule has 0 aliphatic carbocycles. The number of alkyl halides is 3. The van der Waals surface area contributed by atoms with Gasteiger partial charge < -0.3 is 20.0 Å². The topological polar surface area (TPSA) is 108 Å². The van der Waals surface area contributed by atoms with Crippen LogP contribution in [-0.4, -0.2) is 72.7 Å². The monoisotopic (exact) mass is 412 g/mol. The molecule has 0 saturated carbocycles. The van der Waals surface area contributed by atoms with Crippen molar-refractivity contribution in [3.8, 4) is 11.3 Å². The zero-order chi connectivity index (χ0) is 20.9. The highest BCUT2D eigenvalue weighted by Crippen LogP contribution is 2.34. The molecule has 4 heterocycles. The Hall–Kier alpha value is -2.89. The Bertz CT molecular complexity index is 933. The SMILES string of the molecule is C[C@H]1[C@H](O)CN1c1nc(-c2cnn([C@@H]3CCN(C(=O)O)C3)c2)cc(C(F)(F)F)n1. The van der Waals surface area contributed by atoms with E-state index in [0.717, 1.165) is 6.07 Å². The average molecular weight is 412 g/mol. The minimum absolute atomic E-state index is 0.0650. The summed E-state index contributed by atoms with van der Waals surface area (Å²) >= 11 is 0. The van der Waals surface area contributed by atoms with E-state index in [1.807, 2.05) is 0 Å². The second-order valence-corrected chi connectivity index (χ2v) is 7.28. The van der Waals surface area contributed by atoms with Crippen molar-refractivity contribution in [2.24, 2.45) is 0 Å². The first-order chi connectivity index (χ1) is 13.6. The van der Waals surface area contributed by atoms with E-state index in [1.54, 1.807) is 17.8 Å². The van der Waals surface area contributed by atoms with Crippen LogP contribution < -0.4 is 4.90 Å². The fourth-order valence-electron chi connectivity index (χ4n) is 3.51. The van der Waals surface area contributed by atoms with Crippen LogP contribution in [0.1, 0.15) is 25.1 Å². The number of likely N-dealkylation sites (tertiary alicyclic amines) is 1. The Labute approximate surface area is 163 Å². The number of carbonyl (C=O) groups is 1. The number of carboxylic acid groups (broad SMARTS) is 1. The zero-order valence-corrected chi connectivity index (χ0v) is 15.4. The summed E-state index contributed by atoms with van der Waals surface area (Å²) < 4.78 is 41.6. The second-order valence-electron chi connectivity index (χ2n) is 7.28. The number of nitrogens with zero attached hydrogens (tertiary/aromatic N) is 6. The van der Waals surface area contributed by atoms with E-state index >= 15 is 0 Å². The molecule has 2 saturated heterocycles. The van der Waals surface area contributed by atoms with Gasteiger partial charge in [0.25, 0.3) is 0 Å². The summed E-state index contributed by atoms with van der Waals surface area (Å²) in [4.78, 5) is 21.7. The molecule has 4 rings (SSSR count). The van der Waals surface area contributed by atoms with Crippen molar-refractivity contribution in [2.75, 3.05) is 24.5 Å². The fourth-order valence-corrected chi connectivity index (χ4v) is 3.51. The molecule has 2 aliphatic heterocycles. The number of aliphatic hydroxyl groups is 1. The van der Waals surface area contributed by atoms with Gasteiger partial charge in [0, 0.05) is 31.4 Å². The Balaban J connectivity index is 1.64. The Morgan fingerprint density at radius 2 is 2.03 bits per heavy atom. The molecule has 2 aromatic rings. The van der Waals surface area contributed by atoms with E-state index < -0.39 is 24.1 Å². The molecule has 29 heavy (non-hydrogen) atoms. The molecule has 0 aromatic carbocycles. The molecule has 0 bridgehead atoms. The highest BCUT2D eigenvalue weighted by atomic mass is 19.4. The van der Waals surface area contributed by atoms with Crippen LogP contribution in [0.2, 0.25) is 0 Å². The van der Waals surface area contributed by atoms with Crippen LogP contribution in [-0.2, 0) is 6.18 Å². The van der Waals surface area contributed by atoms with Gasteiger partial charge in [-0.2, -0.15) is 18.3 Å². The van der Waals surface area contributed by atoms with Crippen LogP contribution in [0.4, 0.5) is 23.9 Å². The third-order valence-corrected chi connectivity index (χ3v) is 5.40. The number of aromatic nitrogens is 4. The number of hydrogen-bond donors (Lipinski definition) is 2. The number of halogens is 3. The van der Waals surface area contributed by atoms with Gasteiger partial charge >= 0.3 is 12.3 Å². The van der Waals surface area contributed by atoms with E-state index in [9.17, 15) is 23.1 Å². The van der Waals surface area contributed by atoms with Crippen LogP contribution in [0, 0.1) is 0 Å². The van der Waals surface area contributed by atoms with Gasteiger partial charge in [0.2, 0.25) is 5.95 Å². The van der Waals surface area contributed by atoms with Crippen LogP contribution in [0.25, 0.3) is 11.3 Å². The summed E-state index contributed by atoms with van der Waals surface area (Å²) in [6.45, 7) is 2.49. The number of β-amino-alcohol motifs (C(OH)–C–C–N with tert-alkyl or cyclic N) is 1. The van der Waals surface area contributed by atoms with E-state index in [1.165, 1.54) is 16.0 Å². The maximum absolute atomic E-state index is 13.4. The molecule has 2 fully saturated rings. The summed E-state index contributed by atoms with van der Waals surface area (Å²) in [6, 6.07) is 0.299. The minimum atomic E-state index is -4.65. The molecule has 12 heteroatoms. The maximum atomic E-state index is 13.4. The maximum Gasteiger partial charge on any atom is 0.433 e. The lowest BCUT2D eigenvalue weighted by atomic mass is 10.0. The molecule has 1 amide bonds. The number of amides is 1. The standard InChI is InChI=1S/C17H19F3N6O3/c1-9-13(27)8-25(9)15-22-12(4-14(23-15)17(18,19)20)10-5-21-26(6-10)11-2-3-24(7-11)16(28)29/h4-6,9,11,13,27H,2-3,7-8H2,1H3,(H,28,29)/t9-,11+,13+/m0/s1. The zero-order valence-electron chi connectivity index (χ0n) is 15.4.